The summed E-state index contributed by atoms with van der Waals surface area (Å²) in [7, 11) is 2.11. The van der Waals surface area contributed by atoms with Crippen LogP contribution in [-0.2, 0) is 6.54 Å². The van der Waals surface area contributed by atoms with Crippen molar-refractivity contribution in [3.8, 4) is 0 Å². The molecule has 3 rings (SSSR count). The summed E-state index contributed by atoms with van der Waals surface area (Å²) in [6.07, 6.45) is 2.71. The van der Waals surface area contributed by atoms with Crippen LogP contribution in [-0.4, -0.2) is 45.7 Å². The van der Waals surface area contributed by atoms with Crippen LogP contribution in [0.5, 0.6) is 0 Å². The molecule has 1 aliphatic rings. The van der Waals surface area contributed by atoms with Crippen LogP contribution in [0.1, 0.15) is 33.7 Å². The third-order valence-corrected chi connectivity index (χ3v) is 4.44. The third kappa shape index (κ3) is 3.14. The molecule has 0 aromatic carbocycles. The molecule has 3 heterocycles. The maximum absolute atomic E-state index is 12.0. The average molecular weight is 305 g/mol. The van der Waals surface area contributed by atoms with Crippen LogP contribution in [0.2, 0.25) is 0 Å². The van der Waals surface area contributed by atoms with Crippen molar-refractivity contribution in [2.45, 2.75) is 25.9 Å². The molecule has 6 nitrogen and oxygen atoms in total. The zero-order valence-corrected chi connectivity index (χ0v) is 13.1. The van der Waals surface area contributed by atoms with E-state index in [9.17, 15) is 4.79 Å². The first-order valence-corrected chi connectivity index (χ1v) is 7.92. The molecule has 1 unspecified atom stereocenters. The molecular formula is C14H19N5OS. The lowest BCUT2D eigenvalue weighted by Crippen LogP contribution is -2.37. The largest absolute Gasteiger partial charge is 0.351 e. The summed E-state index contributed by atoms with van der Waals surface area (Å²) in [6.45, 7) is 4.42. The molecular weight excluding hydrogens is 286 g/mol. The van der Waals surface area contributed by atoms with E-state index in [0.29, 0.717) is 18.3 Å². The lowest BCUT2D eigenvalue weighted by Gasteiger charge is -2.31. The number of rotatable bonds is 4. The van der Waals surface area contributed by atoms with Crippen molar-refractivity contribution < 1.29 is 4.79 Å². The normalized spacial score (nSPS) is 18.5. The van der Waals surface area contributed by atoms with E-state index >= 15 is 0 Å². The Labute approximate surface area is 127 Å². The molecule has 1 atom stereocenters. The Bertz CT molecular complexity index is 635. The SMILES string of the molecule is Cc1nc(C(=O)NCCC2CN(C)Cc3ccnn32)cs1. The highest BCUT2D eigenvalue weighted by atomic mass is 32.1. The number of hydrogen-bond acceptors (Lipinski definition) is 5. The minimum atomic E-state index is -0.0933. The van der Waals surface area contributed by atoms with E-state index in [1.165, 1.54) is 17.0 Å². The zero-order valence-electron chi connectivity index (χ0n) is 12.2. The Kier molecular flexibility index (Phi) is 4.03. The Morgan fingerprint density at radius 3 is 3.19 bits per heavy atom. The van der Waals surface area contributed by atoms with Gasteiger partial charge in [0.15, 0.2) is 0 Å². The number of fused-ring (bicyclic) bond motifs is 1. The summed E-state index contributed by atoms with van der Waals surface area (Å²) in [5.74, 6) is -0.0933. The molecule has 7 heteroatoms. The van der Waals surface area contributed by atoms with Crippen LogP contribution in [0.4, 0.5) is 0 Å². The molecule has 112 valence electrons. The fourth-order valence-corrected chi connectivity index (χ4v) is 3.29. The number of hydrogen-bond donors (Lipinski definition) is 1. The van der Waals surface area contributed by atoms with Gasteiger partial charge in [-0.2, -0.15) is 5.10 Å². The molecule has 2 aromatic rings. The maximum atomic E-state index is 12.0. The van der Waals surface area contributed by atoms with E-state index in [0.717, 1.165) is 24.5 Å². The number of nitrogens with zero attached hydrogens (tertiary/aromatic N) is 4. The molecule has 21 heavy (non-hydrogen) atoms. The number of amides is 1. The zero-order chi connectivity index (χ0) is 14.8. The van der Waals surface area contributed by atoms with Gasteiger partial charge in [0.25, 0.3) is 5.91 Å². The summed E-state index contributed by atoms with van der Waals surface area (Å²) in [5, 5.41) is 10.1. The summed E-state index contributed by atoms with van der Waals surface area (Å²) in [4.78, 5) is 18.4. The summed E-state index contributed by atoms with van der Waals surface area (Å²) in [6, 6.07) is 2.37. The maximum Gasteiger partial charge on any atom is 0.270 e. The number of likely N-dealkylation sites (N-methyl/N-ethyl adjacent to an activating group) is 1. The molecule has 0 saturated heterocycles. The van der Waals surface area contributed by atoms with Gasteiger partial charge in [-0.3, -0.25) is 14.4 Å². The van der Waals surface area contributed by atoms with E-state index in [4.69, 9.17) is 0 Å². The Morgan fingerprint density at radius 2 is 2.43 bits per heavy atom. The average Bonchev–Trinajstić information content (AvgIpc) is 3.07. The van der Waals surface area contributed by atoms with Gasteiger partial charge in [-0.25, -0.2) is 4.98 Å². The van der Waals surface area contributed by atoms with Gasteiger partial charge >= 0.3 is 0 Å². The van der Waals surface area contributed by atoms with Gasteiger partial charge in [0.1, 0.15) is 5.69 Å². The van der Waals surface area contributed by atoms with Crippen molar-refractivity contribution in [1.82, 2.24) is 25.0 Å². The van der Waals surface area contributed by atoms with Gasteiger partial charge in [0.2, 0.25) is 0 Å². The van der Waals surface area contributed by atoms with Crippen LogP contribution in [0.15, 0.2) is 17.6 Å². The van der Waals surface area contributed by atoms with Gasteiger partial charge in [-0.05, 0) is 26.5 Å². The van der Waals surface area contributed by atoms with Crippen molar-refractivity contribution in [1.29, 1.82) is 0 Å². The van der Waals surface area contributed by atoms with E-state index in [1.54, 1.807) is 5.38 Å². The number of carbonyl (C=O) groups excluding carboxylic acids is 1. The standard InChI is InChI=1S/C14H19N5OS/c1-10-17-13(9-21-10)14(20)15-5-3-11-7-18(2)8-12-4-6-16-19(11)12/h4,6,9,11H,3,5,7-8H2,1-2H3,(H,15,20). The van der Waals surface area contributed by atoms with E-state index in [-0.39, 0.29) is 5.91 Å². The Morgan fingerprint density at radius 1 is 1.57 bits per heavy atom. The highest BCUT2D eigenvalue weighted by Crippen LogP contribution is 2.21. The first-order chi connectivity index (χ1) is 10.1. The minimum Gasteiger partial charge on any atom is -0.351 e. The third-order valence-electron chi connectivity index (χ3n) is 3.67. The predicted octanol–water partition coefficient (Wildman–Crippen LogP) is 1.45. The minimum absolute atomic E-state index is 0.0933. The van der Waals surface area contributed by atoms with Crippen LogP contribution in [0.25, 0.3) is 0 Å². The van der Waals surface area contributed by atoms with E-state index in [2.05, 4.69) is 38.1 Å². The molecule has 1 aliphatic heterocycles. The number of carbonyl (C=O) groups is 1. The van der Waals surface area contributed by atoms with Crippen molar-refractivity contribution >= 4 is 17.2 Å². The summed E-state index contributed by atoms with van der Waals surface area (Å²) in [5.41, 5.74) is 1.74. The second kappa shape index (κ2) is 5.95. The molecule has 0 saturated carbocycles. The Hall–Kier alpha value is -1.73. The van der Waals surface area contributed by atoms with E-state index in [1.807, 2.05) is 13.1 Å². The first-order valence-electron chi connectivity index (χ1n) is 7.05. The smallest absolute Gasteiger partial charge is 0.270 e. The van der Waals surface area contributed by atoms with Crippen molar-refractivity contribution in [2.75, 3.05) is 20.1 Å². The van der Waals surface area contributed by atoms with Gasteiger partial charge in [-0.1, -0.05) is 0 Å². The number of thiazole rings is 1. The predicted molar refractivity (Wildman–Crippen MR) is 81.4 cm³/mol. The van der Waals surface area contributed by atoms with Crippen LogP contribution in [0.3, 0.4) is 0 Å². The fraction of sp³-hybridized carbons (Fsp3) is 0.500. The number of aryl methyl sites for hydroxylation is 1. The van der Waals surface area contributed by atoms with Crippen LogP contribution < -0.4 is 5.32 Å². The van der Waals surface area contributed by atoms with Gasteiger partial charge in [-0.15, -0.1) is 11.3 Å². The van der Waals surface area contributed by atoms with Gasteiger partial charge in [0, 0.05) is 31.2 Å². The monoisotopic (exact) mass is 305 g/mol. The number of nitrogens with one attached hydrogen (secondary N) is 1. The quantitative estimate of drug-likeness (QED) is 0.929. The Balaban J connectivity index is 1.55. The van der Waals surface area contributed by atoms with Crippen LogP contribution in [0, 0.1) is 6.92 Å². The first kappa shape index (κ1) is 14.2. The van der Waals surface area contributed by atoms with Crippen molar-refractivity contribution in [2.24, 2.45) is 0 Å². The lowest BCUT2D eigenvalue weighted by atomic mass is 10.1. The van der Waals surface area contributed by atoms with Crippen LogP contribution >= 0.6 is 11.3 Å². The van der Waals surface area contributed by atoms with Crippen molar-refractivity contribution in [3.63, 3.8) is 0 Å². The van der Waals surface area contributed by atoms with Gasteiger partial charge < -0.3 is 5.32 Å². The molecule has 0 radical (unpaired) electrons. The molecule has 1 N–H and O–H groups in total. The number of aromatic nitrogens is 3. The summed E-state index contributed by atoms with van der Waals surface area (Å²) >= 11 is 1.49. The molecule has 2 aromatic heterocycles. The highest BCUT2D eigenvalue weighted by Gasteiger charge is 2.23. The molecule has 0 fully saturated rings. The molecule has 0 spiro atoms. The molecule has 0 bridgehead atoms. The summed E-state index contributed by atoms with van der Waals surface area (Å²) < 4.78 is 2.08. The second-order valence-electron chi connectivity index (χ2n) is 5.41. The molecule has 1 amide bonds. The topological polar surface area (TPSA) is 63.1 Å². The second-order valence-corrected chi connectivity index (χ2v) is 6.48. The lowest BCUT2D eigenvalue weighted by molar-refractivity contribution is 0.0944. The molecule has 0 aliphatic carbocycles. The van der Waals surface area contributed by atoms with Crippen molar-refractivity contribution in [3.05, 3.63) is 34.0 Å². The van der Waals surface area contributed by atoms with Gasteiger partial charge in [0.05, 0.1) is 16.7 Å². The highest BCUT2D eigenvalue weighted by molar-refractivity contribution is 7.09. The van der Waals surface area contributed by atoms with E-state index < -0.39 is 0 Å². The fourth-order valence-electron chi connectivity index (χ4n) is 2.70.